The van der Waals surface area contributed by atoms with Crippen LogP contribution in [0.15, 0.2) is 18.2 Å². The summed E-state index contributed by atoms with van der Waals surface area (Å²) >= 11 is 6.21. The molecule has 5 nitrogen and oxygen atoms in total. The van der Waals surface area contributed by atoms with Gasteiger partial charge in [-0.1, -0.05) is 6.07 Å². The van der Waals surface area contributed by atoms with Gasteiger partial charge in [0.1, 0.15) is 17.4 Å². The third-order valence-electron chi connectivity index (χ3n) is 3.18. The van der Waals surface area contributed by atoms with Crippen molar-refractivity contribution in [2.45, 2.75) is 18.8 Å². The summed E-state index contributed by atoms with van der Waals surface area (Å²) in [5.41, 5.74) is 2.16. The highest BCUT2D eigenvalue weighted by Crippen LogP contribution is 2.26. The van der Waals surface area contributed by atoms with Crippen LogP contribution in [0, 0.1) is 11.3 Å². The zero-order chi connectivity index (χ0) is 15.2. The summed E-state index contributed by atoms with van der Waals surface area (Å²) in [5.74, 6) is 0.754. The first-order valence-electron chi connectivity index (χ1n) is 6.79. The minimum atomic E-state index is -0.233. The van der Waals surface area contributed by atoms with Crippen molar-refractivity contribution >= 4 is 22.6 Å². The largest absolute Gasteiger partial charge is 0.382 e. The molecule has 1 heterocycles. The zero-order valence-corrected chi connectivity index (χ0v) is 12.9. The summed E-state index contributed by atoms with van der Waals surface area (Å²) < 4.78 is 12.5. The van der Waals surface area contributed by atoms with E-state index < -0.39 is 0 Å². The molecule has 2 aromatic rings. The first-order valence-corrected chi connectivity index (χ1v) is 7.22. The molecule has 1 aromatic heterocycles. The van der Waals surface area contributed by atoms with Gasteiger partial charge in [-0.15, -0.1) is 11.6 Å². The molecule has 0 bridgehead atoms. The van der Waals surface area contributed by atoms with Crippen LogP contribution >= 0.6 is 11.6 Å². The van der Waals surface area contributed by atoms with Gasteiger partial charge < -0.3 is 14.0 Å². The highest BCUT2D eigenvalue weighted by molar-refractivity contribution is 6.20. The van der Waals surface area contributed by atoms with Gasteiger partial charge in [0.15, 0.2) is 0 Å². The van der Waals surface area contributed by atoms with Gasteiger partial charge in [-0.05, 0) is 19.1 Å². The fraction of sp³-hybridized carbons (Fsp3) is 0.467. The topological polar surface area (TPSA) is 60.1 Å². The standard InChI is InChI=1S/C15H18ClN3O2/c1-11(16)15-18-14-12(10-17)4-3-5-13(14)19(15)6-7-21-9-8-20-2/h3-5,11H,6-9H2,1-2H3. The van der Waals surface area contributed by atoms with Crippen LogP contribution in [0.5, 0.6) is 0 Å². The van der Waals surface area contributed by atoms with Crippen LogP contribution in [0.3, 0.4) is 0 Å². The van der Waals surface area contributed by atoms with Crippen LogP contribution in [0.1, 0.15) is 23.7 Å². The first kappa shape index (κ1) is 15.8. The van der Waals surface area contributed by atoms with Gasteiger partial charge in [0, 0.05) is 13.7 Å². The average molecular weight is 308 g/mol. The third-order valence-corrected chi connectivity index (χ3v) is 3.37. The molecule has 6 heteroatoms. The predicted octanol–water partition coefficient (Wildman–Crippen LogP) is 2.87. The van der Waals surface area contributed by atoms with E-state index in [9.17, 15) is 5.26 Å². The van der Waals surface area contributed by atoms with Crippen LogP contribution in [0.4, 0.5) is 0 Å². The van der Waals surface area contributed by atoms with E-state index in [2.05, 4.69) is 11.1 Å². The first-order chi connectivity index (χ1) is 10.2. The molecule has 0 fully saturated rings. The molecule has 1 aromatic carbocycles. The number of methoxy groups -OCH3 is 1. The number of ether oxygens (including phenoxy) is 2. The second-order valence-corrected chi connectivity index (χ2v) is 5.28. The minimum absolute atomic E-state index is 0.233. The monoisotopic (exact) mass is 307 g/mol. The number of nitriles is 1. The number of para-hydroxylation sites is 1. The molecule has 1 atom stereocenters. The summed E-state index contributed by atoms with van der Waals surface area (Å²) in [7, 11) is 1.64. The Labute approximate surface area is 129 Å². The third kappa shape index (κ3) is 3.53. The Morgan fingerprint density at radius 3 is 2.86 bits per heavy atom. The number of fused-ring (bicyclic) bond motifs is 1. The molecule has 0 saturated heterocycles. The molecule has 0 amide bonds. The van der Waals surface area contributed by atoms with E-state index in [1.807, 2.05) is 23.6 Å². The Morgan fingerprint density at radius 2 is 2.19 bits per heavy atom. The summed E-state index contributed by atoms with van der Waals surface area (Å²) in [6.45, 7) is 4.18. The van der Waals surface area contributed by atoms with Crippen LogP contribution in [-0.2, 0) is 16.0 Å². The second-order valence-electron chi connectivity index (χ2n) is 4.63. The van der Waals surface area contributed by atoms with Crippen LogP contribution in [-0.4, -0.2) is 36.5 Å². The summed E-state index contributed by atoms with van der Waals surface area (Å²) in [6, 6.07) is 7.73. The van der Waals surface area contributed by atoms with Gasteiger partial charge in [-0.2, -0.15) is 5.26 Å². The number of hydrogen-bond donors (Lipinski definition) is 0. The normalized spacial score (nSPS) is 12.5. The van der Waals surface area contributed by atoms with E-state index in [0.717, 1.165) is 11.3 Å². The fourth-order valence-corrected chi connectivity index (χ4v) is 2.36. The van der Waals surface area contributed by atoms with Gasteiger partial charge >= 0.3 is 0 Å². The number of hydrogen-bond acceptors (Lipinski definition) is 4. The van der Waals surface area contributed by atoms with Gasteiger partial charge in [0.05, 0.1) is 36.3 Å². The predicted molar refractivity (Wildman–Crippen MR) is 81.4 cm³/mol. The Balaban J connectivity index is 2.28. The van der Waals surface area contributed by atoms with Crippen LogP contribution in [0.25, 0.3) is 11.0 Å². The quantitative estimate of drug-likeness (QED) is 0.583. The van der Waals surface area contributed by atoms with Crippen molar-refractivity contribution in [1.29, 1.82) is 5.26 Å². The maximum Gasteiger partial charge on any atom is 0.127 e. The number of aromatic nitrogens is 2. The maximum absolute atomic E-state index is 9.18. The molecule has 0 aliphatic rings. The van der Waals surface area contributed by atoms with Crippen molar-refractivity contribution in [3.63, 3.8) is 0 Å². The van der Waals surface area contributed by atoms with Gasteiger partial charge in [-0.3, -0.25) is 0 Å². The number of nitrogens with zero attached hydrogens (tertiary/aromatic N) is 3. The summed E-state index contributed by atoms with van der Waals surface area (Å²) in [6.07, 6.45) is 0. The van der Waals surface area contributed by atoms with Crippen molar-refractivity contribution in [3.8, 4) is 6.07 Å². The number of benzene rings is 1. The van der Waals surface area contributed by atoms with E-state index >= 15 is 0 Å². The van der Waals surface area contributed by atoms with Crippen molar-refractivity contribution < 1.29 is 9.47 Å². The number of rotatable bonds is 7. The molecule has 112 valence electrons. The van der Waals surface area contributed by atoms with E-state index in [1.165, 1.54) is 0 Å². The number of alkyl halides is 1. The van der Waals surface area contributed by atoms with Crippen molar-refractivity contribution in [1.82, 2.24) is 9.55 Å². The van der Waals surface area contributed by atoms with E-state index in [-0.39, 0.29) is 5.38 Å². The molecule has 0 radical (unpaired) electrons. The number of imidazole rings is 1. The molecule has 0 N–H and O–H groups in total. The highest BCUT2D eigenvalue weighted by atomic mass is 35.5. The minimum Gasteiger partial charge on any atom is -0.382 e. The molecule has 2 rings (SSSR count). The van der Waals surface area contributed by atoms with Gasteiger partial charge in [0.25, 0.3) is 0 Å². The Hall–Kier alpha value is -1.61. The van der Waals surface area contributed by atoms with Gasteiger partial charge in [0.2, 0.25) is 0 Å². The summed E-state index contributed by atoms with van der Waals surface area (Å²) in [5, 5.41) is 8.94. The van der Waals surface area contributed by atoms with E-state index in [1.54, 1.807) is 13.2 Å². The van der Waals surface area contributed by atoms with Crippen molar-refractivity contribution in [2.24, 2.45) is 0 Å². The highest BCUT2D eigenvalue weighted by Gasteiger charge is 2.16. The van der Waals surface area contributed by atoms with Crippen LogP contribution in [0.2, 0.25) is 0 Å². The molecule has 21 heavy (non-hydrogen) atoms. The zero-order valence-electron chi connectivity index (χ0n) is 12.2. The van der Waals surface area contributed by atoms with Crippen LogP contribution < -0.4 is 0 Å². The lowest BCUT2D eigenvalue weighted by Gasteiger charge is -2.10. The molecular formula is C15H18ClN3O2. The maximum atomic E-state index is 9.18. The Kier molecular flexibility index (Phi) is 5.57. The lowest BCUT2D eigenvalue weighted by Crippen LogP contribution is -2.12. The molecule has 0 aliphatic carbocycles. The average Bonchev–Trinajstić information content (AvgIpc) is 2.86. The van der Waals surface area contributed by atoms with Gasteiger partial charge in [-0.25, -0.2) is 4.98 Å². The van der Waals surface area contributed by atoms with Crippen molar-refractivity contribution in [3.05, 3.63) is 29.6 Å². The van der Waals surface area contributed by atoms with E-state index in [0.29, 0.717) is 37.4 Å². The smallest absolute Gasteiger partial charge is 0.127 e. The lowest BCUT2D eigenvalue weighted by molar-refractivity contribution is 0.0667. The molecule has 1 unspecified atom stereocenters. The number of halogens is 1. The van der Waals surface area contributed by atoms with Crippen molar-refractivity contribution in [2.75, 3.05) is 26.9 Å². The van der Waals surface area contributed by atoms with E-state index in [4.69, 9.17) is 21.1 Å². The Bertz CT molecular complexity index is 646. The summed E-state index contributed by atoms with van der Waals surface area (Å²) in [4.78, 5) is 4.53. The molecular weight excluding hydrogens is 290 g/mol. The molecule has 0 aliphatic heterocycles. The molecule has 0 saturated carbocycles. The Morgan fingerprint density at radius 1 is 1.38 bits per heavy atom. The molecule has 0 spiro atoms. The second kappa shape index (κ2) is 7.41. The fourth-order valence-electron chi connectivity index (χ4n) is 2.19. The lowest BCUT2D eigenvalue weighted by atomic mass is 10.2. The SMILES string of the molecule is COCCOCCn1c(C(C)Cl)nc2c(C#N)cccc21.